The summed E-state index contributed by atoms with van der Waals surface area (Å²) in [4.78, 5) is 27.2. The first-order valence-corrected chi connectivity index (χ1v) is 11.3. The largest absolute Gasteiger partial charge is 0.493 e. The third-order valence-corrected chi connectivity index (χ3v) is 5.96. The molecule has 2 aromatic carbocycles. The first-order chi connectivity index (χ1) is 16.0. The molecule has 0 bridgehead atoms. The van der Waals surface area contributed by atoms with Crippen LogP contribution in [0, 0.1) is 17.2 Å². The van der Waals surface area contributed by atoms with Gasteiger partial charge in [0.15, 0.2) is 0 Å². The number of ether oxygens (including phenoxy) is 1. The summed E-state index contributed by atoms with van der Waals surface area (Å²) in [6.07, 6.45) is 2.77. The van der Waals surface area contributed by atoms with E-state index in [1.807, 2.05) is 6.07 Å². The Morgan fingerprint density at radius 1 is 1.15 bits per heavy atom. The van der Waals surface area contributed by atoms with E-state index in [0.29, 0.717) is 48.7 Å². The number of hydrogen-bond donors (Lipinski definition) is 3. The maximum atomic E-state index is 12.8. The van der Waals surface area contributed by atoms with Gasteiger partial charge in [-0.2, -0.15) is 5.26 Å². The number of carbonyl (C=O) groups excluding carboxylic acids is 2. The van der Waals surface area contributed by atoms with E-state index in [0.717, 1.165) is 5.75 Å². The van der Waals surface area contributed by atoms with Crippen LogP contribution in [0.1, 0.15) is 41.6 Å². The van der Waals surface area contributed by atoms with Crippen LogP contribution in [-0.2, 0) is 0 Å². The minimum Gasteiger partial charge on any atom is -0.493 e. The number of nitriles is 1. The van der Waals surface area contributed by atoms with Gasteiger partial charge in [-0.3, -0.25) is 4.79 Å². The maximum Gasteiger partial charge on any atom is 0.321 e. The number of aliphatic hydroxyl groups is 1. The molecule has 1 aliphatic carbocycles. The fourth-order valence-electron chi connectivity index (χ4n) is 3.79. The second kappa shape index (κ2) is 10.4. The molecule has 1 saturated heterocycles. The second-order valence-corrected chi connectivity index (χ2v) is 8.64. The van der Waals surface area contributed by atoms with Gasteiger partial charge in [-0.25, -0.2) is 4.79 Å². The van der Waals surface area contributed by atoms with Crippen LogP contribution in [0.4, 0.5) is 10.5 Å². The van der Waals surface area contributed by atoms with Gasteiger partial charge < -0.3 is 25.4 Å². The molecule has 8 nitrogen and oxygen atoms in total. The van der Waals surface area contributed by atoms with E-state index >= 15 is 0 Å². The van der Waals surface area contributed by atoms with E-state index in [2.05, 4.69) is 10.6 Å². The summed E-state index contributed by atoms with van der Waals surface area (Å²) in [6, 6.07) is 14.7. The second-order valence-electron chi connectivity index (χ2n) is 8.64. The van der Waals surface area contributed by atoms with Gasteiger partial charge in [-0.05, 0) is 74.1 Å². The first kappa shape index (κ1) is 22.6. The molecular formula is C25H28N4O4. The minimum atomic E-state index is -0.755. The summed E-state index contributed by atoms with van der Waals surface area (Å²) in [6.45, 7) is 1.35. The lowest BCUT2D eigenvalue weighted by molar-refractivity contribution is 0.0811. The van der Waals surface area contributed by atoms with Crippen LogP contribution in [-0.4, -0.2) is 53.8 Å². The quantitative estimate of drug-likeness (QED) is 0.628. The number of nitrogens with one attached hydrogen (secondary N) is 2. The van der Waals surface area contributed by atoms with Crippen molar-refractivity contribution in [1.29, 1.82) is 5.26 Å². The van der Waals surface area contributed by atoms with Crippen molar-refractivity contribution in [3.8, 4) is 11.8 Å². The normalized spacial score (nSPS) is 20.3. The Bertz CT molecular complexity index is 1030. The molecule has 0 aromatic heterocycles. The maximum absolute atomic E-state index is 12.8. The molecule has 172 valence electrons. The van der Waals surface area contributed by atoms with Crippen molar-refractivity contribution in [3.05, 3.63) is 59.7 Å². The number of carbonyl (C=O) groups is 2. The molecule has 3 N–H and O–H groups in total. The number of likely N-dealkylation sites (tertiary alicyclic amines) is 1. The highest BCUT2D eigenvalue weighted by Crippen LogP contribution is 2.29. The molecule has 1 saturated carbocycles. The van der Waals surface area contributed by atoms with Crippen molar-refractivity contribution in [3.63, 3.8) is 0 Å². The van der Waals surface area contributed by atoms with Gasteiger partial charge in [-0.15, -0.1) is 0 Å². The molecule has 4 rings (SSSR count). The Hall–Kier alpha value is -3.57. The van der Waals surface area contributed by atoms with Crippen LogP contribution in [0.2, 0.25) is 0 Å². The monoisotopic (exact) mass is 448 g/mol. The van der Waals surface area contributed by atoms with Crippen LogP contribution in [0.25, 0.3) is 0 Å². The SMILES string of the molecule is N#Cc1cccc(NC(=O)N2CCCC(O)C(NC(=O)c3ccc(OCC4CC4)cc3)C2)c1. The zero-order chi connectivity index (χ0) is 23.2. The van der Waals surface area contributed by atoms with Crippen LogP contribution >= 0.6 is 0 Å². The molecule has 2 aliphatic rings. The van der Waals surface area contributed by atoms with Crippen LogP contribution in [0.15, 0.2) is 48.5 Å². The zero-order valence-electron chi connectivity index (χ0n) is 18.4. The smallest absolute Gasteiger partial charge is 0.321 e. The van der Waals surface area contributed by atoms with Gasteiger partial charge in [0, 0.05) is 24.3 Å². The molecule has 0 radical (unpaired) electrons. The van der Waals surface area contributed by atoms with Gasteiger partial charge in [0.25, 0.3) is 5.91 Å². The molecule has 3 amide bonds. The van der Waals surface area contributed by atoms with E-state index in [-0.39, 0.29) is 18.5 Å². The Balaban J connectivity index is 1.36. The van der Waals surface area contributed by atoms with Gasteiger partial charge in [-0.1, -0.05) is 6.07 Å². The van der Waals surface area contributed by atoms with E-state index in [9.17, 15) is 14.7 Å². The predicted molar refractivity (Wildman–Crippen MR) is 123 cm³/mol. The molecule has 2 aromatic rings. The molecule has 8 heteroatoms. The third kappa shape index (κ3) is 6.24. The molecule has 1 aliphatic heterocycles. The van der Waals surface area contributed by atoms with Gasteiger partial charge >= 0.3 is 6.03 Å². The van der Waals surface area contributed by atoms with Gasteiger partial charge in [0.2, 0.25) is 0 Å². The number of rotatable bonds is 6. The fraction of sp³-hybridized carbons (Fsp3) is 0.400. The highest BCUT2D eigenvalue weighted by atomic mass is 16.5. The number of benzene rings is 2. The van der Waals surface area contributed by atoms with Crippen LogP contribution in [0.5, 0.6) is 5.75 Å². The molecule has 2 atom stereocenters. The number of urea groups is 1. The molecule has 2 unspecified atom stereocenters. The first-order valence-electron chi connectivity index (χ1n) is 11.3. The highest BCUT2D eigenvalue weighted by Gasteiger charge is 2.29. The van der Waals surface area contributed by atoms with E-state index in [4.69, 9.17) is 10.00 Å². The van der Waals surface area contributed by atoms with Crippen molar-refractivity contribution in [2.45, 2.75) is 37.8 Å². The van der Waals surface area contributed by atoms with Crippen molar-refractivity contribution in [2.24, 2.45) is 5.92 Å². The fourth-order valence-corrected chi connectivity index (χ4v) is 3.79. The zero-order valence-corrected chi connectivity index (χ0v) is 18.4. The van der Waals surface area contributed by atoms with Crippen molar-refractivity contribution in [2.75, 3.05) is 25.0 Å². The molecule has 0 spiro atoms. The summed E-state index contributed by atoms with van der Waals surface area (Å²) < 4.78 is 5.71. The van der Waals surface area contributed by atoms with Gasteiger partial charge in [0.05, 0.1) is 30.4 Å². The van der Waals surface area contributed by atoms with E-state index in [1.165, 1.54) is 12.8 Å². The summed E-state index contributed by atoms with van der Waals surface area (Å²) >= 11 is 0. The number of anilines is 1. The van der Waals surface area contributed by atoms with Crippen LogP contribution in [0.3, 0.4) is 0 Å². The van der Waals surface area contributed by atoms with E-state index < -0.39 is 12.1 Å². The molecule has 1 heterocycles. The Morgan fingerprint density at radius 2 is 1.94 bits per heavy atom. The minimum absolute atomic E-state index is 0.180. The lowest BCUT2D eigenvalue weighted by atomic mass is 10.1. The third-order valence-electron chi connectivity index (χ3n) is 5.96. The number of hydrogen-bond acceptors (Lipinski definition) is 5. The standard InChI is InChI=1S/C25H28N4O4/c26-14-18-3-1-4-20(13-18)27-25(32)29-12-2-5-23(30)22(15-29)28-24(31)19-8-10-21(11-9-19)33-16-17-6-7-17/h1,3-4,8-11,13,17,22-23,30H,2,5-7,12,15-16H2,(H,27,32)(H,28,31). The molecular weight excluding hydrogens is 420 g/mol. The molecule has 33 heavy (non-hydrogen) atoms. The summed E-state index contributed by atoms with van der Waals surface area (Å²) in [5.41, 5.74) is 1.44. The molecule has 2 fully saturated rings. The van der Waals surface area contributed by atoms with Crippen molar-refractivity contribution in [1.82, 2.24) is 10.2 Å². The topological polar surface area (TPSA) is 115 Å². The average Bonchev–Trinajstić information content (AvgIpc) is 3.67. The number of nitrogens with zero attached hydrogens (tertiary/aromatic N) is 2. The highest BCUT2D eigenvalue weighted by molar-refractivity contribution is 5.94. The Kier molecular flexibility index (Phi) is 7.10. The number of amides is 3. The predicted octanol–water partition coefficient (Wildman–Crippen LogP) is 3.13. The summed E-state index contributed by atoms with van der Waals surface area (Å²) in [7, 11) is 0. The summed E-state index contributed by atoms with van der Waals surface area (Å²) in [5.74, 6) is 1.08. The van der Waals surface area contributed by atoms with Crippen molar-refractivity contribution >= 4 is 17.6 Å². The van der Waals surface area contributed by atoms with Crippen LogP contribution < -0.4 is 15.4 Å². The average molecular weight is 449 g/mol. The van der Waals surface area contributed by atoms with Crippen molar-refractivity contribution < 1.29 is 19.4 Å². The Morgan fingerprint density at radius 3 is 2.67 bits per heavy atom. The lowest BCUT2D eigenvalue weighted by Gasteiger charge is -2.27. The Labute approximate surface area is 193 Å². The summed E-state index contributed by atoms with van der Waals surface area (Å²) in [5, 5.41) is 25.3. The lowest BCUT2D eigenvalue weighted by Crippen LogP contribution is -2.50. The van der Waals surface area contributed by atoms with Gasteiger partial charge in [0.1, 0.15) is 5.75 Å². The number of aliphatic hydroxyl groups excluding tert-OH is 1. The van der Waals surface area contributed by atoms with E-state index in [1.54, 1.807) is 53.4 Å².